The Bertz CT molecular complexity index is 71.3. The lowest BCUT2D eigenvalue weighted by Gasteiger charge is -2.00. The van der Waals surface area contributed by atoms with Crippen molar-refractivity contribution in [3.63, 3.8) is 0 Å². The maximum absolute atomic E-state index is 3.34. The van der Waals surface area contributed by atoms with Crippen molar-refractivity contribution < 1.29 is 0 Å². The first kappa shape index (κ1) is 6.52. The van der Waals surface area contributed by atoms with Gasteiger partial charge in [0.25, 0.3) is 0 Å². The first-order valence-corrected chi connectivity index (χ1v) is 5.67. The largest absolute Gasteiger partial charge is 0.122 e. The average molecular weight is 117 g/mol. The molecule has 6 heavy (non-hydrogen) atoms. The second kappa shape index (κ2) is 1.99. The van der Waals surface area contributed by atoms with E-state index in [0.29, 0.717) is 0 Å². The van der Waals surface area contributed by atoms with Gasteiger partial charge in [-0.15, -0.1) is 12.3 Å². The van der Waals surface area contributed by atoms with Crippen LogP contribution >= 0.6 is 6.89 Å². The molecule has 0 aromatic carbocycles. The second-order valence-electron chi connectivity index (χ2n) is 2.25. The third kappa shape index (κ3) is 4.52. The van der Waals surface area contributed by atoms with Crippen LogP contribution in [0.3, 0.4) is 0 Å². The molecule has 2 heteroatoms. The molecule has 0 bridgehead atoms. The summed E-state index contributed by atoms with van der Waals surface area (Å²) in [5.41, 5.74) is 2.10. The molecule has 0 aromatic heterocycles. The predicted octanol–water partition coefficient (Wildman–Crippen LogP) is 0.822. The summed E-state index contributed by atoms with van der Waals surface area (Å²) in [4.78, 5) is 0. The minimum absolute atomic E-state index is 0.608. The molecule has 0 spiro atoms. The molecule has 0 saturated carbocycles. The van der Waals surface area contributed by atoms with Crippen LogP contribution in [0.25, 0.3) is 0 Å². The van der Waals surface area contributed by atoms with Crippen LogP contribution in [0.15, 0.2) is 0 Å². The van der Waals surface area contributed by atoms with Gasteiger partial charge in [0, 0.05) is 0 Å². The molecule has 0 aliphatic heterocycles. The zero-order valence-electron chi connectivity index (χ0n) is 4.52. The first-order valence-electron chi connectivity index (χ1n) is 1.89. The number of hydrogen-bond donors (Lipinski definition) is 0. The third-order valence-corrected chi connectivity index (χ3v) is 3.49. The highest BCUT2D eigenvalue weighted by Gasteiger charge is 1.84. The van der Waals surface area contributed by atoms with Crippen molar-refractivity contribution in [1.82, 2.24) is 0 Å². The Morgan fingerprint density at radius 2 is 1.50 bits per heavy atom. The standard InChI is InChI=1S/C4H10PSi/c1-5(2,3)4-6/h4H,1-3H3. The molecule has 35 valence electrons. The Morgan fingerprint density at radius 1 is 1.33 bits per heavy atom. The van der Waals surface area contributed by atoms with Gasteiger partial charge in [-0.3, -0.25) is 0 Å². The van der Waals surface area contributed by atoms with E-state index < -0.39 is 6.89 Å². The Balaban J connectivity index is 3.79. The molecule has 0 nitrogen and oxygen atoms in total. The van der Waals surface area contributed by atoms with Crippen LogP contribution in [0.2, 0.25) is 0 Å². The van der Waals surface area contributed by atoms with Crippen LogP contribution in [0.4, 0.5) is 0 Å². The van der Waals surface area contributed by atoms with E-state index >= 15 is 0 Å². The zero-order chi connectivity index (χ0) is 5.21. The van der Waals surface area contributed by atoms with Crippen LogP contribution in [-0.2, 0) is 0 Å². The Morgan fingerprint density at radius 3 is 1.50 bits per heavy atom. The van der Waals surface area contributed by atoms with E-state index in [4.69, 9.17) is 0 Å². The van der Waals surface area contributed by atoms with Gasteiger partial charge in [-0.2, -0.15) is 0 Å². The summed E-state index contributed by atoms with van der Waals surface area (Å²) in [6.07, 6.45) is 0. The highest BCUT2D eigenvalue weighted by molar-refractivity contribution is 7.75. The van der Waals surface area contributed by atoms with E-state index in [1.165, 1.54) is 0 Å². The van der Waals surface area contributed by atoms with Crippen LogP contribution in [-0.4, -0.2) is 35.7 Å². The van der Waals surface area contributed by atoms with E-state index in [1.54, 1.807) is 0 Å². The lowest BCUT2D eigenvalue weighted by atomic mass is 11.8. The van der Waals surface area contributed by atoms with E-state index in [-0.39, 0.29) is 0 Å². The fourth-order valence-corrected chi connectivity index (χ4v) is 0. The monoisotopic (exact) mass is 117 g/mol. The van der Waals surface area contributed by atoms with E-state index in [1.807, 2.05) is 0 Å². The van der Waals surface area contributed by atoms with Crippen LogP contribution < -0.4 is 0 Å². The molecule has 0 saturated heterocycles. The SMILES string of the molecule is CP(C)(C)=C[Si]. The lowest BCUT2D eigenvalue weighted by Crippen LogP contribution is -1.75. The summed E-state index contributed by atoms with van der Waals surface area (Å²) < 4.78 is 0. The normalized spacial score (nSPS) is 11.3. The molecular formula is C4H10PSi. The van der Waals surface area contributed by atoms with E-state index in [2.05, 4.69) is 35.7 Å². The van der Waals surface area contributed by atoms with Gasteiger partial charge in [-0.1, -0.05) is 0 Å². The zero-order valence-corrected chi connectivity index (χ0v) is 6.42. The van der Waals surface area contributed by atoms with Gasteiger partial charge in [-0.25, -0.2) is 0 Å². The average Bonchev–Trinajstić information content (AvgIpc) is 1.35. The Kier molecular flexibility index (Phi) is 2.16. The summed E-state index contributed by atoms with van der Waals surface area (Å²) in [6, 6.07) is 0. The molecule has 0 atom stereocenters. The molecule has 3 radical (unpaired) electrons. The first-order chi connectivity index (χ1) is 2.56. The predicted molar refractivity (Wildman–Crippen MR) is 36.5 cm³/mol. The van der Waals surface area contributed by atoms with Crippen molar-refractivity contribution in [2.45, 2.75) is 0 Å². The molecule has 0 aliphatic carbocycles. The van der Waals surface area contributed by atoms with Gasteiger partial charge in [0.1, 0.15) is 0 Å². The molecule has 0 unspecified atom stereocenters. The van der Waals surface area contributed by atoms with Crippen LogP contribution in [0, 0.1) is 0 Å². The smallest absolute Gasteiger partial charge is 0.0603 e. The fourth-order valence-electron chi connectivity index (χ4n) is 0. The minimum Gasteiger partial charge on any atom is -0.122 e. The maximum atomic E-state index is 3.34. The van der Waals surface area contributed by atoms with Gasteiger partial charge in [-0.05, 0) is 20.0 Å². The van der Waals surface area contributed by atoms with Crippen LogP contribution in [0.1, 0.15) is 0 Å². The molecule has 0 heterocycles. The molecule has 0 rings (SSSR count). The molecule has 0 N–H and O–H groups in total. The fraction of sp³-hybridized carbons (Fsp3) is 0.750. The second-order valence-corrected chi connectivity index (χ2v) is 7.51. The summed E-state index contributed by atoms with van der Waals surface area (Å²) in [5.74, 6) is 0. The summed E-state index contributed by atoms with van der Waals surface area (Å²) in [6.45, 7) is 6.14. The topological polar surface area (TPSA) is 0 Å². The van der Waals surface area contributed by atoms with Crippen molar-refractivity contribution in [2.75, 3.05) is 20.0 Å². The number of rotatable bonds is 0. The van der Waals surface area contributed by atoms with Gasteiger partial charge in [0.05, 0.1) is 10.2 Å². The van der Waals surface area contributed by atoms with Crippen molar-refractivity contribution in [2.24, 2.45) is 0 Å². The lowest BCUT2D eigenvalue weighted by molar-refractivity contribution is 2.11. The summed E-state index contributed by atoms with van der Waals surface area (Å²) in [7, 11) is 3.34. The Labute approximate surface area is 43.3 Å². The maximum Gasteiger partial charge on any atom is 0.0603 e. The van der Waals surface area contributed by atoms with Gasteiger partial charge in [0.2, 0.25) is 0 Å². The molecule has 0 aliphatic rings. The quantitative estimate of drug-likeness (QED) is 0.325. The molecule has 0 fully saturated rings. The highest BCUT2D eigenvalue weighted by Crippen LogP contribution is 2.29. The molecular weight excluding hydrogens is 107 g/mol. The van der Waals surface area contributed by atoms with Gasteiger partial charge in [0.15, 0.2) is 0 Å². The van der Waals surface area contributed by atoms with E-state index in [0.717, 1.165) is 0 Å². The van der Waals surface area contributed by atoms with Crippen molar-refractivity contribution in [3.8, 4) is 0 Å². The van der Waals surface area contributed by atoms with Crippen LogP contribution in [0.5, 0.6) is 0 Å². The molecule has 0 aromatic rings. The van der Waals surface area contributed by atoms with E-state index in [9.17, 15) is 0 Å². The van der Waals surface area contributed by atoms with Gasteiger partial charge < -0.3 is 0 Å². The van der Waals surface area contributed by atoms with Gasteiger partial charge >= 0.3 is 0 Å². The third-order valence-electron chi connectivity index (χ3n) is 0.387. The highest BCUT2D eigenvalue weighted by atomic mass is 31.2. The van der Waals surface area contributed by atoms with Crippen molar-refractivity contribution in [1.29, 1.82) is 0 Å². The van der Waals surface area contributed by atoms with Crippen molar-refractivity contribution in [3.05, 3.63) is 0 Å². The minimum atomic E-state index is -0.608. The summed E-state index contributed by atoms with van der Waals surface area (Å²) in [5, 5.41) is 0. The summed E-state index contributed by atoms with van der Waals surface area (Å²) >= 11 is 0. The Hall–Kier alpha value is 0.517. The molecule has 0 amide bonds. The number of hydrogen-bond acceptors (Lipinski definition) is 0. The van der Waals surface area contributed by atoms with Crippen molar-refractivity contribution >= 4 is 22.5 Å².